The van der Waals surface area contributed by atoms with Gasteiger partial charge in [0.05, 0.1) is 11.6 Å². The van der Waals surface area contributed by atoms with Crippen LogP contribution >= 0.6 is 0 Å². The van der Waals surface area contributed by atoms with Crippen LogP contribution in [0.1, 0.15) is 19.4 Å². The molecule has 1 heterocycles. The van der Waals surface area contributed by atoms with E-state index in [0.717, 1.165) is 46.1 Å². The van der Waals surface area contributed by atoms with E-state index in [4.69, 9.17) is 20.6 Å². The Balaban J connectivity index is 0.00000132. The minimum Gasteiger partial charge on any atom is -0.490 e. The van der Waals surface area contributed by atoms with E-state index in [9.17, 15) is 0 Å². The average Bonchev–Trinajstić information content (AvgIpc) is 2.77. The summed E-state index contributed by atoms with van der Waals surface area (Å²) >= 11 is 0. The van der Waals surface area contributed by atoms with Crippen molar-refractivity contribution in [1.82, 2.24) is 9.97 Å². The second kappa shape index (κ2) is 9.91. The highest BCUT2D eigenvalue weighted by atomic mass is 16.5. The Kier molecular flexibility index (Phi) is 7.05. The van der Waals surface area contributed by atoms with E-state index in [2.05, 4.69) is 22.4 Å². The monoisotopic (exact) mass is 416 g/mol. The first-order valence-electron chi connectivity index (χ1n) is 10.1. The van der Waals surface area contributed by atoms with Gasteiger partial charge in [-0.2, -0.15) is 0 Å². The Morgan fingerprint density at radius 3 is 2.48 bits per heavy atom. The third kappa shape index (κ3) is 5.10. The largest absolute Gasteiger partial charge is 0.490 e. The summed E-state index contributed by atoms with van der Waals surface area (Å²) in [6.07, 6.45) is 1.92. The molecule has 0 aliphatic heterocycles. The smallest absolute Gasteiger partial charge is 0.227 e. The molecule has 0 saturated heterocycles. The lowest BCUT2D eigenvalue weighted by Gasteiger charge is -2.16. The molecule has 1 aromatic heterocycles. The third-order valence-electron chi connectivity index (χ3n) is 4.66. The molecule has 0 atom stereocenters. The molecule has 0 aliphatic carbocycles. The number of benzene rings is 3. The summed E-state index contributed by atoms with van der Waals surface area (Å²) in [5.74, 6) is 1.37. The normalized spacial score (nSPS) is 10.5. The highest BCUT2D eigenvalue weighted by molar-refractivity contribution is 5.95. The zero-order valence-corrected chi connectivity index (χ0v) is 18.3. The van der Waals surface area contributed by atoms with Gasteiger partial charge < -0.3 is 20.9 Å². The zero-order chi connectivity index (χ0) is 22.4. The van der Waals surface area contributed by atoms with Crippen molar-refractivity contribution < 1.29 is 9.84 Å². The number of aromatic nitrogens is 2. The number of nitrogens with zero attached hydrogens (tertiary/aromatic N) is 2. The molecule has 0 amide bonds. The number of hydrogen-bond acceptors (Lipinski definition) is 6. The molecule has 0 unspecified atom stereocenters. The van der Waals surface area contributed by atoms with Crippen LogP contribution in [0.5, 0.6) is 5.75 Å². The number of nitrogens with two attached hydrogens (primary N) is 1. The molecule has 4 aromatic rings. The minimum atomic E-state index is 0.0875. The van der Waals surface area contributed by atoms with Gasteiger partial charge in [0.2, 0.25) is 5.95 Å². The molecular formula is C25H28N4O2. The molecule has 160 valence electrons. The summed E-state index contributed by atoms with van der Waals surface area (Å²) in [7, 11) is 1.00. The fourth-order valence-electron chi connectivity index (χ4n) is 3.27. The molecule has 31 heavy (non-hydrogen) atoms. The summed E-state index contributed by atoms with van der Waals surface area (Å²) in [4.78, 5) is 9.30. The number of aliphatic hydroxyl groups excluding tert-OH is 1. The number of fused-ring (bicyclic) bond motifs is 1. The minimum absolute atomic E-state index is 0.0875. The Bertz CT molecular complexity index is 1180. The van der Waals surface area contributed by atoms with Crippen LogP contribution in [0.25, 0.3) is 22.0 Å². The molecule has 0 fully saturated rings. The van der Waals surface area contributed by atoms with Gasteiger partial charge in [-0.05, 0) is 44.5 Å². The van der Waals surface area contributed by atoms with Crippen LogP contribution in [0, 0.1) is 6.92 Å². The summed E-state index contributed by atoms with van der Waals surface area (Å²) in [5.41, 5.74) is 11.5. The SMILES string of the molecule is CO.Cc1ccc(N)cc1Nc1ncc2cccc(-c3ccccc3OC(C)C)c2n1. The van der Waals surface area contributed by atoms with Gasteiger partial charge in [0.1, 0.15) is 5.75 Å². The van der Waals surface area contributed by atoms with Gasteiger partial charge in [-0.25, -0.2) is 9.97 Å². The first kappa shape index (κ1) is 22.1. The van der Waals surface area contributed by atoms with Crippen molar-refractivity contribution in [3.05, 3.63) is 72.4 Å². The lowest BCUT2D eigenvalue weighted by Crippen LogP contribution is -2.06. The van der Waals surface area contributed by atoms with Crippen LogP contribution in [0.15, 0.2) is 66.9 Å². The van der Waals surface area contributed by atoms with Gasteiger partial charge in [-0.15, -0.1) is 0 Å². The number of para-hydroxylation sites is 2. The van der Waals surface area contributed by atoms with Crippen LogP contribution in [0.3, 0.4) is 0 Å². The van der Waals surface area contributed by atoms with Crippen LogP contribution in [0.4, 0.5) is 17.3 Å². The number of nitrogens with one attached hydrogen (secondary N) is 1. The number of ether oxygens (including phenoxy) is 1. The molecule has 4 rings (SSSR count). The number of aryl methyl sites for hydroxylation is 1. The van der Waals surface area contributed by atoms with E-state index >= 15 is 0 Å². The van der Waals surface area contributed by atoms with Crippen LogP contribution < -0.4 is 15.8 Å². The zero-order valence-electron chi connectivity index (χ0n) is 18.3. The molecular weight excluding hydrogens is 388 g/mol. The fraction of sp³-hybridized carbons (Fsp3) is 0.200. The van der Waals surface area contributed by atoms with E-state index in [0.29, 0.717) is 11.6 Å². The molecule has 0 bridgehead atoms. The number of aliphatic hydroxyl groups is 1. The molecule has 0 spiro atoms. The standard InChI is InChI=1S/C24H24N4O.CH4O/c1-15(2)29-22-10-5-4-8-19(22)20-9-6-7-17-14-26-24(28-23(17)20)27-21-13-18(25)12-11-16(21)3;1-2/h4-15H,25H2,1-3H3,(H,26,27,28);2H,1H3. The number of hydrogen-bond donors (Lipinski definition) is 3. The summed E-state index contributed by atoms with van der Waals surface area (Å²) in [6, 6.07) is 19.9. The number of nitrogen functional groups attached to an aromatic ring is 1. The highest BCUT2D eigenvalue weighted by Crippen LogP contribution is 2.35. The van der Waals surface area contributed by atoms with Crippen LogP contribution in [-0.4, -0.2) is 28.3 Å². The van der Waals surface area contributed by atoms with Crippen molar-refractivity contribution in [2.75, 3.05) is 18.2 Å². The van der Waals surface area contributed by atoms with Gasteiger partial charge in [-0.3, -0.25) is 0 Å². The fourth-order valence-corrected chi connectivity index (χ4v) is 3.27. The highest BCUT2D eigenvalue weighted by Gasteiger charge is 2.13. The van der Waals surface area contributed by atoms with E-state index in [1.807, 2.05) is 75.5 Å². The summed E-state index contributed by atoms with van der Waals surface area (Å²) in [5, 5.41) is 11.3. The van der Waals surface area contributed by atoms with Gasteiger partial charge >= 0.3 is 0 Å². The van der Waals surface area contributed by atoms with Crippen molar-refractivity contribution in [2.45, 2.75) is 26.9 Å². The molecule has 0 radical (unpaired) electrons. The van der Waals surface area contributed by atoms with E-state index < -0.39 is 0 Å². The molecule has 6 nitrogen and oxygen atoms in total. The summed E-state index contributed by atoms with van der Waals surface area (Å²) in [6.45, 7) is 6.07. The second-order valence-corrected chi connectivity index (χ2v) is 7.30. The van der Waals surface area contributed by atoms with Gasteiger partial charge in [0.15, 0.2) is 0 Å². The van der Waals surface area contributed by atoms with Gasteiger partial charge in [-0.1, -0.05) is 42.5 Å². The first-order chi connectivity index (χ1) is 15.0. The predicted molar refractivity (Wildman–Crippen MR) is 128 cm³/mol. The molecule has 4 N–H and O–H groups in total. The van der Waals surface area contributed by atoms with Crippen LogP contribution in [-0.2, 0) is 0 Å². The van der Waals surface area contributed by atoms with Crippen molar-refractivity contribution in [3.8, 4) is 16.9 Å². The van der Waals surface area contributed by atoms with E-state index in [1.54, 1.807) is 0 Å². The molecule has 6 heteroatoms. The maximum atomic E-state index is 7.00. The Morgan fingerprint density at radius 2 is 1.71 bits per heavy atom. The average molecular weight is 417 g/mol. The molecule has 3 aromatic carbocycles. The van der Waals surface area contributed by atoms with E-state index in [1.165, 1.54) is 0 Å². The Hall–Kier alpha value is -3.64. The maximum Gasteiger partial charge on any atom is 0.227 e. The van der Waals surface area contributed by atoms with Gasteiger partial charge in [0.25, 0.3) is 0 Å². The predicted octanol–water partition coefficient (Wildman–Crippen LogP) is 5.33. The maximum absolute atomic E-state index is 7.00. The van der Waals surface area contributed by atoms with Crippen molar-refractivity contribution in [1.29, 1.82) is 0 Å². The second-order valence-electron chi connectivity index (χ2n) is 7.30. The van der Waals surface area contributed by atoms with Crippen molar-refractivity contribution >= 4 is 28.2 Å². The molecule has 0 aliphatic rings. The summed E-state index contributed by atoms with van der Waals surface area (Å²) < 4.78 is 6.03. The van der Waals surface area contributed by atoms with Crippen LogP contribution in [0.2, 0.25) is 0 Å². The number of anilines is 3. The molecule has 0 saturated carbocycles. The van der Waals surface area contributed by atoms with E-state index in [-0.39, 0.29) is 6.10 Å². The Morgan fingerprint density at radius 1 is 0.968 bits per heavy atom. The number of rotatable bonds is 5. The van der Waals surface area contributed by atoms with Crippen molar-refractivity contribution in [3.63, 3.8) is 0 Å². The lowest BCUT2D eigenvalue weighted by molar-refractivity contribution is 0.243. The third-order valence-corrected chi connectivity index (χ3v) is 4.66. The Labute approximate surface area is 182 Å². The quantitative estimate of drug-likeness (QED) is 0.381. The van der Waals surface area contributed by atoms with Crippen molar-refractivity contribution in [2.24, 2.45) is 0 Å². The topological polar surface area (TPSA) is 93.3 Å². The first-order valence-corrected chi connectivity index (χ1v) is 10.1. The van der Waals surface area contributed by atoms with Gasteiger partial charge in [0, 0.05) is 41.2 Å². The lowest BCUT2D eigenvalue weighted by atomic mass is 10.0.